The zero-order valence-electron chi connectivity index (χ0n) is 44.2. The van der Waals surface area contributed by atoms with Gasteiger partial charge in [-0.2, -0.15) is 0 Å². The Morgan fingerprint density at radius 2 is 0.612 bits per heavy atom. The number of ether oxygens (including phenoxy) is 3. The fraction of sp³-hybridized carbons (Fsp3) is 0.754. The monoisotopic (exact) mass is 935 g/mol. The molecule has 0 aliphatic rings. The highest BCUT2D eigenvalue weighted by Gasteiger charge is 2.19. The largest absolute Gasteiger partial charge is 0.462 e. The Kier molecular flexibility index (Phi) is 52.8. The normalized spacial score (nSPS) is 12.6. The molecule has 1 unspecified atom stereocenters. The van der Waals surface area contributed by atoms with Crippen LogP contribution in [-0.4, -0.2) is 37.2 Å². The second-order valence-corrected chi connectivity index (χ2v) is 18.8. The van der Waals surface area contributed by atoms with Crippen LogP contribution in [0, 0.1) is 0 Å². The highest BCUT2D eigenvalue weighted by molar-refractivity contribution is 5.71. The smallest absolute Gasteiger partial charge is 0.306 e. The van der Waals surface area contributed by atoms with Gasteiger partial charge in [0, 0.05) is 19.3 Å². The summed E-state index contributed by atoms with van der Waals surface area (Å²) in [5.74, 6) is -0.983. The topological polar surface area (TPSA) is 78.9 Å². The lowest BCUT2D eigenvalue weighted by molar-refractivity contribution is -0.166. The number of carbonyl (C=O) groups is 3. The minimum atomic E-state index is -0.807. The molecule has 1 atom stereocenters. The number of unbranched alkanes of at least 4 members (excludes halogenated alkanes) is 28. The molecule has 0 fully saturated rings. The van der Waals surface area contributed by atoms with Crippen molar-refractivity contribution in [2.24, 2.45) is 0 Å². The first kappa shape index (κ1) is 63.8. The molecule has 0 saturated heterocycles. The van der Waals surface area contributed by atoms with E-state index in [1.807, 2.05) is 6.08 Å². The average molecular weight is 936 g/mol. The van der Waals surface area contributed by atoms with Crippen LogP contribution in [-0.2, 0) is 28.6 Å². The van der Waals surface area contributed by atoms with Gasteiger partial charge in [-0.3, -0.25) is 14.4 Å². The van der Waals surface area contributed by atoms with E-state index in [1.165, 1.54) is 154 Å². The maximum absolute atomic E-state index is 12.8. The summed E-state index contributed by atoms with van der Waals surface area (Å²) in [5, 5.41) is 0. The van der Waals surface area contributed by atoms with Crippen LogP contribution >= 0.6 is 0 Å². The van der Waals surface area contributed by atoms with E-state index in [4.69, 9.17) is 14.2 Å². The Morgan fingerprint density at radius 3 is 1.03 bits per heavy atom. The van der Waals surface area contributed by atoms with Crippen LogP contribution in [0.3, 0.4) is 0 Å². The standard InChI is InChI=1S/C61H106O6/c1-4-7-10-13-16-19-22-25-27-29-30-32-33-36-39-42-45-48-51-54-60(63)66-57-58(56-65-59(62)53-50-47-44-41-38-35-24-21-18-15-12-9-6-3)67-61(64)55-52-49-46-43-40-37-34-31-28-26-23-20-17-14-11-8-5-2/h9,12,17-18,20-21,26,28,35,38,44,47,58H,4-8,10-11,13-16,19,22-25,27,29-34,36-37,39-43,45-46,48-57H2,1-3H3/b12-9-,20-17-,21-18-,28-26-,38-35-,47-44-. The fourth-order valence-corrected chi connectivity index (χ4v) is 7.96. The quantitative estimate of drug-likeness (QED) is 0.0262. The molecule has 0 aliphatic heterocycles. The van der Waals surface area contributed by atoms with Crippen molar-refractivity contribution in [1.82, 2.24) is 0 Å². The molecule has 0 aliphatic carbocycles. The van der Waals surface area contributed by atoms with E-state index in [2.05, 4.69) is 87.6 Å². The fourth-order valence-electron chi connectivity index (χ4n) is 7.96. The zero-order valence-corrected chi connectivity index (χ0v) is 44.2. The Balaban J connectivity index is 4.40. The summed E-state index contributed by atoms with van der Waals surface area (Å²) in [6.07, 6.45) is 70.5. The highest BCUT2D eigenvalue weighted by atomic mass is 16.6. The second kappa shape index (κ2) is 55.4. The molecular weight excluding hydrogens is 829 g/mol. The first-order valence-corrected chi connectivity index (χ1v) is 28.4. The molecule has 0 spiro atoms. The maximum atomic E-state index is 12.8. The molecule has 0 saturated carbocycles. The first-order chi connectivity index (χ1) is 33.0. The third-order valence-corrected chi connectivity index (χ3v) is 12.2. The highest BCUT2D eigenvalue weighted by Crippen LogP contribution is 2.16. The van der Waals surface area contributed by atoms with Crippen LogP contribution in [0.25, 0.3) is 0 Å². The van der Waals surface area contributed by atoms with Gasteiger partial charge in [-0.05, 0) is 77.0 Å². The molecule has 0 heterocycles. The van der Waals surface area contributed by atoms with E-state index >= 15 is 0 Å². The third-order valence-electron chi connectivity index (χ3n) is 12.2. The van der Waals surface area contributed by atoms with Crippen molar-refractivity contribution >= 4 is 17.9 Å². The molecule has 6 heteroatoms. The molecule has 386 valence electrons. The number of hydrogen-bond donors (Lipinski definition) is 0. The van der Waals surface area contributed by atoms with Crippen LogP contribution in [0.4, 0.5) is 0 Å². The molecule has 0 aromatic rings. The first-order valence-electron chi connectivity index (χ1n) is 28.4. The van der Waals surface area contributed by atoms with Crippen molar-refractivity contribution < 1.29 is 28.6 Å². The van der Waals surface area contributed by atoms with Gasteiger partial charge >= 0.3 is 17.9 Å². The van der Waals surface area contributed by atoms with Gasteiger partial charge in [-0.1, -0.05) is 254 Å². The summed E-state index contributed by atoms with van der Waals surface area (Å²) in [5.41, 5.74) is 0. The lowest BCUT2D eigenvalue weighted by Gasteiger charge is -2.18. The minimum Gasteiger partial charge on any atom is -0.462 e. The predicted octanol–water partition coefficient (Wildman–Crippen LogP) is 19.0. The Labute approximate surface area is 414 Å². The summed E-state index contributed by atoms with van der Waals surface area (Å²) in [7, 11) is 0. The van der Waals surface area contributed by atoms with E-state index in [0.717, 1.165) is 77.0 Å². The summed E-state index contributed by atoms with van der Waals surface area (Å²) in [4.78, 5) is 38.1. The number of esters is 3. The summed E-state index contributed by atoms with van der Waals surface area (Å²) in [6.45, 7) is 6.45. The van der Waals surface area contributed by atoms with E-state index in [0.29, 0.717) is 19.3 Å². The molecule has 6 nitrogen and oxygen atoms in total. The van der Waals surface area contributed by atoms with E-state index < -0.39 is 6.10 Å². The summed E-state index contributed by atoms with van der Waals surface area (Å²) in [6, 6.07) is 0. The number of allylic oxidation sites excluding steroid dienone is 12. The Bertz CT molecular complexity index is 1260. The molecule has 0 aromatic heterocycles. The molecule has 0 amide bonds. The van der Waals surface area contributed by atoms with Gasteiger partial charge in [0.05, 0.1) is 0 Å². The average Bonchev–Trinajstić information content (AvgIpc) is 3.33. The van der Waals surface area contributed by atoms with Crippen molar-refractivity contribution in [1.29, 1.82) is 0 Å². The molecule has 0 radical (unpaired) electrons. The summed E-state index contributed by atoms with van der Waals surface area (Å²) < 4.78 is 16.8. The van der Waals surface area contributed by atoms with Gasteiger partial charge in [0.2, 0.25) is 0 Å². The van der Waals surface area contributed by atoms with Crippen molar-refractivity contribution in [3.8, 4) is 0 Å². The van der Waals surface area contributed by atoms with Crippen LogP contribution in [0.1, 0.15) is 278 Å². The third kappa shape index (κ3) is 53.7. The van der Waals surface area contributed by atoms with E-state index in [1.54, 1.807) is 0 Å². The predicted molar refractivity (Wildman–Crippen MR) is 288 cm³/mol. The van der Waals surface area contributed by atoms with Crippen LogP contribution in [0.2, 0.25) is 0 Å². The van der Waals surface area contributed by atoms with Crippen molar-refractivity contribution in [3.05, 3.63) is 72.9 Å². The van der Waals surface area contributed by atoms with Gasteiger partial charge in [-0.15, -0.1) is 0 Å². The molecule has 67 heavy (non-hydrogen) atoms. The van der Waals surface area contributed by atoms with Crippen LogP contribution in [0.5, 0.6) is 0 Å². The molecule has 0 N–H and O–H groups in total. The van der Waals surface area contributed by atoms with Gasteiger partial charge in [0.15, 0.2) is 6.10 Å². The molecule has 0 aromatic carbocycles. The number of hydrogen-bond acceptors (Lipinski definition) is 6. The van der Waals surface area contributed by atoms with Crippen molar-refractivity contribution in [3.63, 3.8) is 0 Å². The van der Waals surface area contributed by atoms with Crippen LogP contribution in [0.15, 0.2) is 72.9 Å². The number of carbonyl (C=O) groups excluding carboxylic acids is 3. The van der Waals surface area contributed by atoms with Crippen LogP contribution < -0.4 is 0 Å². The van der Waals surface area contributed by atoms with Gasteiger partial charge in [0.1, 0.15) is 13.2 Å². The van der Waals surface area contributed by atoms with E-state index in [-0.39, 0.29) is 37.5 Å². The Hall–Kier alpha value is -3.15. The molecular formula is C61H106O6. The molecule has 0 rings (SSSR count). The van der Waals surface area contributed by atoms with Gasteiger partial charge < -0.3 is 14.2 Å². The van der Waals surface area contributed by atoms with Gasteiger partial charge in [-0.25, -0.2) is 0 Å². The van der Waals surface area contributed by atoms with Crippen molar-refractivity contribution in [2.75, 3.05) is 13.2 Å². The minimum absolute atomic E-state index is 0.0984. The maximum Gasteiger partial charge on any atom is 0.306 e. The lowest BCUT2D eigenvalue weighted by Crippen LogP contribution is -2.30. The SMILES string of the molecule is CC/C=C\C/C=C\C/C=C\C/C=C\CCC(=O)OCC(COC(=O)CCCCCCCCCCCCCCCCCCCCC)OC(=O)CCCCCCCCC/C=C\C/C=C\CCCCC. The second-order valence-electron chi connectivity index (χ2n) is 18.8. The Morgan fingerprint density at radius 1 is 0.313 bits per heavy atom. The number of rotatable bonds is 51. The molecule has 0 bridgehead atoms. The van der Waals surface area contributed by atoms with Gasteiger partial charge in [0.25, 0.3) is 0 Å². The lowest BCUT2D eigenvalue weighted by atomic mass is 10.0. The van der Waals surface area contributed by atoms with E-state index in [9.17, 15) is 14.4 Å². The van der Waals surface area contributed by atoms with Crippen molar-refractivity contribution in [2.45, 2.75) is 284 Å². The zero-order chi connectivity index (χ0) is 48.6. The summed E-state index contributed by atoms with van der Waals surface area (Å²) >= 11 is 0.